The number of nitrogens with one attached hydrogen (secondary N) is 2. The number of fused-ring (bicyclic) bond motifs is 1. The second-order valence-corrected chi connectivity index (χ2v) is 9.76. The van der Waals surface area contributed by atoms with Crippen molar-refractivity contribution < 1.29 is 14.7 Å². The number of aromatic nitrogens is 1. The lowest BCUT2D eigenvalue weighted by Gasteiger charge is -2.24. The van der Waals surface area contributed by atoms with Crippen LogP contribution < -0.4 is 16.4 Å². The molecular weight excluding hydrogens is 520 g/mol. The molecule has 4 aromatic rings. The van der Waals surface area contributed by atoms with Gasteiger partial charge in [-0.15, -0.1) is 0 Å². The Labute approximate surface area is 217 Å². The van der Waals surface area contributed by atoms with Crippen LogP contribution >= 0.6 is 15.9 Å². The molecule has 0 fully saturated rings. The maximum Gasteiger partial charge on any atom is 0.255 e. The van der Waals surface area contributed by atoms with Gasteiger partial charge >= 0.3 is 0 Å². The predicted molar refractivity (Wildman–Crippen MR) is 146 cm³/mol. The molecule has 2 amide bonds. The minimum absolute atomic E-state index is 0.339. The molecule has 0 bridgehead atoms. The minimum atomic E-state index is -1.55. The number of nitrogens with two attached hydrogens (primary N) is 1. The second-order valence-electron chi connectivity index (χ2n) is 8.85. The Morgan fingerprint density at radius 3 is 2.28 bits per heavy atom. The van der Waals surface area contributed by atoms with Gasteiger partial charge in [0.25, 0.3) is 11.8 Å². The van der Waals surface area contributed by atoms with Gasteiger partial charge in [0.15, 0.2) is 6.10 Å². The Hall–Kier alpha value is -3.75. The molecule has 7 nitrogen and oxygen atoms in total. The number of hydrogen-bond donors (Lipinski definition) is 4. The van der Waals surface area contributed by atoms with Crippen LogP contribution in [0.3, 0.4) is 0 Å². The van der Waals surface area contributed by atoms with Crippen LogP contribution in [-0.4, -0.2) is 28.0 Å². The number of amides is 2. The van der Waals surface area contributed by atoms with E-state index in [4.69, 9.17) is 5.73 Å². The van der Waals surface area contributed by atoms with Gasteiger partial charge in [0.1, 0.15) is 5.82 Å². The summed E-state index contributed by atoms with van der Waals surface area (Å²) in [5, 5.41) is 18.2. The lowest BCUT2D eigenvalue weighted by molar-refractivity contribution is -0.125. The van der Waals surface area contributed by atoms with Gasteiger partial charge < -0.3 is 21.5 Å². The molecule has 8 heteroatoms. The van der Waals surface area contributed by atoms with Crippen molar-refractivity contribution in [2.75, 3.05) is 11.1 Å². The molecule has 5 N–H and O–H groups in total. The van der Waals surface area contributed by atoms with E-state index in [1.165, 1.54) is 0 Å². The number of rotatable bonds is 7. The molecule has 1 heterocycles. The number of aliphatic hydroxyl groups excluding tert-OH is 1. The molecule has 184 valence electrons. The molecule has 0 aliphatic rings. The van der Waals surface area contributed by atoms with Gasteiger partial charge in [-0.05, 0) is 71.0 Å². The summed E-state index contributed by atoms with van der Waals surface area (Å²) in [6.45, 7) is 4.16. The summed E-state index contributed by atoms with van der Waals surface area (Å²) in [6, 6.07) is 20.4. The largest absolute Gasteiger partial charge is 0.383 e. The van der Waals surface area contributed by atoms with Crippen molar-refractivity contribution >= 4 is 50.0 Å². The smallest absolute Gasteiger partial charge is 0.255 e. The van der Waals surface area contributed by atoms with Gasteiger partial charge in [-0.3, -0.25) is 9.59 Å². The fraction of sp³-hybridized carbons (Fsp3) is 0.179. The Bertz CT molecular complexity index is 1390. The van der Waals surface area contributed by atoms with Gasteiger partial charge in [0, 0.05) is 27.3 Å². The third-order valence-electron chi connectivity index (χ3n) is 6.00. The Kier molecular flexibility index (Phi) is 7.67. The first kappa shape index (κ1) is 25.3. The van der Waals surface area contributed by atoms with Crippen LogP contribution in [0, 0.1) is 0 Å². The summed E-state index contributed by atoms with van der Waals surface area (Å²) in [4.78, 5) is 30.2. The van der Waals surface area contributed by atoms with Gasteiger partial charge in [-0.1, -0.05) is 54.0 Å². The fourth-order valence-electron chi connectivity index (χ4n) is 3.91. The van der Waals surface area contributed by atoms with Crippen LogP contribution in [0.4, 0.5) is 11.5 Å². The Morgan fingerprint density at radius 1 is 0.944 bits per heavy atom. The highest BCUT2D eigenvalue weighted by Gasteiger charge is 2.29. The van der Waals surface area contributed by atoms with Crippen LogP contribution in [0.25, 0.3) is 10.8 Å². The van der Waals surface area contributed by atoms with E-state index >= 15 is 0 Å². The fourth-order valence-corrected chi connectivity index (χ4v) is 4.17. The van der Waals surface area contributed by atoms with Crippen molar-refractivity contribution in [3.8, 4) is 0 Å². The normalized spacial score (nSPS) is 12.8. The third kappa shape index (κ3) is 5.72. The number of nitrogens with zero attached hydrogens (tertiary/aromatic N) is 1. The van der Waals surface area contributed by atoms with Crippen LogP contribution in [0.2, 0.25) is 0 Å². The van der Waals surface area contributed by atoms with E-state index < -0.39 is 24.0 Å². The third-order valence-corrected chi connectivity index (χ3v) is 6.53. The molecule has 2 atom stereocenters. The number of anilines is 2. The maximum absolute atomic E-state index is 13.1. The molecule has 0 spiro atoms. The number of halogens is 1. The summed E-state index contributed by atoms with van der Waals surface area (Å²) >= 11 is 3.39. The van der Waals surface area contributed by atoms with Crippen molar-refractivity contribution in [1.29, 1.82) is 0 Å². The summed E-state index contributed by atoms with van der Waals surface area (Å²) in [6.07, 6.45) is 0.0357. The highest BCUT2D eigenvalue weighted by Crippen LogP contribution is 2.25. The quantitative estimate of drug-likeness (QED) is 0.255. The number of carbonyl (C=O) groups is 2. The number of pyridine rings is 1. The summed E-state index contributed by atoms with van der Waals surface area (Å²) in [5.74, 6) is -0.311. The molecule has 0 saturated heterocycles. The van der Waals surface area contributed by atoms with Crippen molar-refractivity contribution in [2.45, 2.75) is 31.9 Å². The lowest BCUT2D eigenvalue weighted by atomic mass is 9.99. The average Bonchev–Trinajstić information content (AvgIpc) is 2.87. The highest BCUT2D eigenvalue weighted by molar-refractivity contribution is 9.10. The minimum Gasteiger partial charge on any atom is -0.383 e. The Balaban J connectivity index is 1.57. The Morgan fingerprint density at radius 2 is 1.61 bits per heavy atom. The van der Waals surface area contributed by atoms with Crippen LogP contribution in [-0.2, 0) is 4.79 Å². The van der Waals surface area contributed by atoms with E-state index in [1.54, 1.807) is 66.9 Å². The molecule has 0 saturated carbocycles. The molecule has 0 aliphatic carbocycles. The highest BCUT2D eigenvalue weighted by atomic mass is 79.9. The number of hydrogen-bond acceptors (Lipinski definition) is 5. The summed E-state index contributed by atoms with van der Waals surface area (Å²) in [5.41, 5.74) is 8.54. The number of nitrogen functional groups attached to an aromatic ring is 1. The van der Waals surface area contributed by atoms with Gasteiger partial charge in [0.05, 0.1) is 6.04 Å². The van der Waals surface area contributed by atoms with E-state index in [1.807, 2.05) is 12.1 Å². The zero-order chi connectivity index (χ0) is 25.8. The standard InChI is InChI=1S/C28H27BrN4O3/c1-16(2)17-3-5-19(6-4-17)27(35)33-24(18-7-9-21(29)10-8-18)25(34)28(36)32-22-11-12-23-20(15-22)13-14-31-26(23)30/h3-16,24-25,34H,1-2H3,(H2,30,31)(H,32,36)(H,33,35). The van der Waals surface area contributed by atoms with Crippen molar-refractivity contribution in [1.82, 2.24) is 10.3 Å². The maximum atomic E-state index is 13.1. The van der Waals surface area contributed by atoms with E-state index in [0.29, 0.717) is 28.6 Å². The van der Waals surface area contributed by atoms with E-state index in [0.717, 1.165) is 20.8 Å². The van der Waals surface area contributed by atoms with E-state index in [9.17, 15) is 14.7 Å². The SMILES string of the molecule is CC(C)c1ccc(C(=O)NC(c2ccc(Br)cc2)C(O)C(=O)Nc2ccc3c(N)nccc3c2)cc1. The molecule has 1 aromatic heterocycles. The monoisotopic (exact) mass is 546 g/mol. The molecule has 0 radical (unpaired) electrons. The number of benzene rings is 3. The first-order valence-electron chi connectivity index (χ1n) is 11.5. The molecule has 4 rings (SSSR count). The molecule has 3 aromatic carbocycles. The molecule has 0 aliphatic heterocycles. The van der Waals surface area contributed by atoms with Crippen LogP contribution in [0.1, 0.15) is 47.3 Å². The van der Waals surface area contributed by atoms with Gasteiger partial charge in [0.2, 0.25) is 0 Å². The molecular formula is C28H27BrN4O3. The number of aliphatic hydroxyl groups is 1. The second kappa shape index (κ2) is 10.9. The predicted octanol–water partition coefficient (Wildman–Crippen LogP) is 5.17. The van der Waals surface area contributed by atoms with Crippen LogP contribution in [0.5, 0.6) is 0 Å². The van der Waals surface area contributed by atoms with Crippen molar-refractivity contribution in [3.63, 3.8) is 0 Å². The van der Waals surface area contributed by atoms with E-state index in [-0.39, 0.29) is 0 Å². The summed E-state index contributed by atoms with van der Waals surface area (Å²) in [7, 11) is 0. The lowest BCUT2D eigenvalue weighted by Crippen LogP contribution is -2.42. The average molecular weight is 547 g/mol. The van der Waals surface area contributed by atoms with E-state index in [2.05, 4.69) is 45.4 Å². The topological polar surface area (TPSA) is 117 Å². The number of carbonyl (C=O) groups excluding carboxylic acids is 2. The van der Waals surface area contributed by atoms with Gasteiger partial charge in [-0.2, -0.15) is 0 Å². The zero-order valence-electron chi connectivity index (χ0n) is 19.9. The van der Waals surface area contributed by atoms with Crippen LogP contribution in [0.15, 0.2) is 83.5 Å². The molecule has 2 unspecified atom stereocenters. The zero-order valence-corrected chi connectivity index (χ0v) is 21.5. The summed E-state index contributed by atoms with van der Waals surface area (Å²) < 4.78 is 0.837. The molecule has 36 heavy (non-hydrogen) atoms. The van der Waals surface area contributed by atoms with Crippen molar-refractivity contribution in [2.24, 2.45) is 0 Å². The van der Waals surface area contributed by atoms with Crippen molar-refractivity contribution in [3.05, 3.63) is 100 Å². The first-order valence-corrected chi connectivity index (χ1v) is 12.3. The first-order chi connectivity index (χ1) is 17.2. The van der Waals surface area contributed by atoms with Gasteiger partial charge in [-0.25, -0.2) is 4.98 Å².